The number of nitrogens with one attached hydrogen (secondary N) is 1. The van der Waals surface area contributed by atoms with Gasteiger partial charge < -0.3 is 21.3 Å². The molecule has 90 valence electrons. The van der Waals surface area contributed by atoms with Gasteiger partial charge in [-0.25, -0.2) is 0 Å². The molecule has 0 fully saturated rings. The first kappa shape index (κ1) is 12.8. The van der Waals surface area contributed by atoms with E-state index in [9.17, 15) is 10.2 Å². The van der Waals surface area contributed by atoms with Crippen molar-refractivity contribution in [2.24, 2.45) is 0 Å². The van der Waals surface area contributed by atoms with E-state index in [1.807, 2.05) is 32.0 Å². The fourth-order valence-corrected chi connectivity index (χ4v) is 1.52. The molecule has 1 rings (SSSR count). The molecule has 0 heterocycles. The van der Waals surface area contributed by atoms with Gasteiger partial charge in [0.05, 0.1) is 18.8 Å². The Bertz CT molecular complexity index is 341. The van der Waals surface area contributed by atoms with Crippen LogP contribution in [-0.2, 0) is 0 Å². The summed E-state index contributed by atoms with van der Waals surface area (Å²) in [6.07, 6.45) is 0.633. The molecule has 0 saturated carbocycles. The summed E-state index contributed by atoms with van der Waals surface area (Å²) in [6, 6.07) is 5.56. The summed E-state index contributed by atoms with van der Waals surface area (Å²) in [5, 5.41) is 21.9. The summed E-state index contributed by atoms with van der Waals surface area (Å²) in [5.41, 5.74) is 7.60. The van der Waals surface area contributed by atoms with Crippen LogP contribution < -0.4 is 11.1 Å². The fourth-order valence-electron chi connectivity index (χ4n) is 1.52. The monoisotopic (exact) mass is 224 g/mol. The second kappa shape index (κ2) is 5.18. The molecule has 0 saturated heterocycles. The Balaban J connectivity index is 2.98. The molecule has 1 aromatic rings. The standard InChI is InChI=1S/C12H20N2O2/c1-3-12(7-15,8-16)14-11-6-4-5-10(13)9(11)2/h4-6,14-16H,3,7-8,13H2,1-2H3. The lowest BCUT2D eigenvalue weighted by Crippen LogP contribution is -2.45. The van der Waals surface area contributed by atoms with Crippen molar-refractivity contribution >= 4 is 11.4 Å². The Morgan fingerprint density at radius 2 is 1.94 bits per heavy atom. The fraction of sp³-hybridized carbons (Fsp3) is 0.500. The maximum Gasteiger partial charge on any atom is 0.0832 e. The van der Waals surface area contributed by atoms with Crippen molar-refractivity contribution in [3.8, 4) is 0 Å². The van der Waals surface area contributed by atoms with Crippen LogP contribution in [-0.4, -0.2) is 29.0 Å². The molecule has 1 aromatic carbocycles. The maximum absolute atomic E-state index is 9.34. The highest BCUT2D eigenvalue weighted by Gasteiger charge is 2.26. The molecule has 0 amide bonds. The number of hydrogen-bond acceptors (Lipinski definition) is 4. The third-order valence-electron chi connectivity index (χ3n) is 3.06. The van der Waals surface area contributed by atoms with E-state index in [2.05, 4.69) is 5.32 Å². The van der Waals surface area contributed by atoms with Crippen LogP contribution in [0.3, 0.4) is 0 Å². The molecule has 0 bridgehead atoms. The highest BCUT2D eigenvalue weighted by Crippen LogP contribution is 2.25. The van der Waals surface area contributed by atoms with Crippen LogP contribution >= 0.6 is 0 Å². The van der Waals surface area contributed by atoms with E-state index in [4.69, 9.17) is 5.73 Å². The normalized spacial score (nSPS) is 11.5. The van der Waals surface area contributed by atoms with E-state index in [1.54, 1.807) is 0 Å². The molecule has 0 atom stereocenters. The number of aliphatic hydroxyl groups is 2. The molecule has 5 N–H and O–H groups in total. The van der Waals surface area contributed by atoms with Gasteiger partial charge in [0.2, 0.25) is 0 Å². The molecular weight excluding hydrogens is 204 g/mol. The highest BCUT2D eigenvalue weighted by atomic mass is 16.3. The quantitative estimate of drug-likeness (QED) is 0.565. The smallest absolute Gasteiger partial charge is 0.0832 e. The van der Waals surface area contributed by atoms with Gasteiger partial charge in [0.15, 0.2) is 0 Å². The van der Waals surface area contributed by atoms with E-state index in [0.29, 0.717) is 12.1 Å². The Labute approximate surface area is 96.1 Å². The zero-order valence-electron chi connectivity index (χ0n) is 9.83. The Hall–Kier alpha value is -1.26. The molecule has 0 radical (unpaired) electrons. The minimum Gasteiger partial charge on any atom is -0.398 e. The topological polar surface area (TPSA) is 78.5 Å². The van der Waals surface area contributed by atoms with Crippen LogP contribution in [0.1, 0.15) is 18.9 Å². The molecule has 0 unspecified atom stereocenters. The molecular formula is C12H20N2O2. The largest absolute Gasteiger partial charge is 0.398 e. The van der Waals surface area contributed by atoms with E-state index in [0.717, 1.165) is 11.3 Å². The molecule has 0 aliphatic rings. The number of nitrogens with two attached hydrogens (primary N) is 1. The molecule has 4 heteroatoms. The van der Waals surface area contributed by atoms with Crippen LogP contribution in [0.5, 0.6) is 0 Å². The van der Waals surface area contributed by atoms with Gasteiger partial charge in [-0.1, -0.05) is 13.0 Å². The van der Waals surface area contributed by atoms with Crippen LogP contribution in [0.2, 0.25) is 0 Å². The second-order valence-electron chi connectivity index (χ2n) is 4.09. The molecule has 0 spiro atoms. The van der Waals surface area contributed by atoms with Gasteiger partial charge in [-0.05, 0) is 31.0 Å². The van der Waals surface area contributed by atoms with E-state index < -0.39 is 5.54 Å². The van der Waals surface area contributed by atoms with Gasteiger partial charge in [-0.3, -0.25) is 0 Å². The van der Waals surface area contributed by atoms with Crippen molar-refractivity contribution in [1.82, 2.24) is 0 Å². The van der Waals surface area contributed by atoms with Crippen LogP contribution in [0.25, 0.3) is 0 Å². The molecule has 4 nitrogen and oxygen atoms in total. The molecule has 0 aliphatic carbocycles. The van der Waals surface area contributed by atoms with Gasteiger partial charge in [0.25, 0.3) is 0 Å². The maximum atomic E-state index is 9.34. The zero-order chi connectivity index (χ0) is 12.2. The van der Waals surface area contributed by atoms with Crippen molar-refractivity contribution in [3.63, 3.8) is 0 Å². The lowest BCUT2D eigenvalue weighted by atomic mass is 9.97. The first-order valence-corrected chi connectivity index (χ1v) is 5.43. The summed E-state index contributed by atoms with van der Waals surface area (Å²) in [5.74, 6) is 0. The Morgan fingerprint density at radius 3 is 2.44 bits per heavy atom. The summed E-state index contributed by atoms with van der Waals surface area (Å²) in [6.45, 7) is 3.59. The molecule has 16 heavy (non-hydrogen) atoms. The summed E-state index contributed by atoms with van der Waals surface area (Å²) < 4.78 is 0. The Kier molecular flexibility index (Phi) is 4.15. The van der Waals surface area contributed by atoms with Crippen molar-refractivity contribution in [1.29, 1.82) is 0 Å². The van der Waals surface area contributed by atoms with Crippen LogP contribution in [0.15, 0.2) is 18.2 Å². The van der Waals surface area contributed by atoms with Crippen LogP contribution in [0.4, 0.5) is 11.4 Å². The second-order valence-corrected chi connectivity index (χ2v) is 4.09. The van der Waals surface area contributed by atoms with E-state index in [1.165, 1.54) is 0 Å². The minimum absolute atomic E-state index is 0.117. The van der Waals surface area contributed by atoms with Crippen molar-refractivity contribution < 1.29 is 10.2 Å². The third-order valence-corrected chi connectivity index (χ3v) is 3.06. The first-order valence-electron chi connectivity index (χ1n) is 5.43. The number of benzene rings is 1. The highest BCUT2D eigenvalue weighted by molar-refractivity contribution is 5.63. The molecule has 0 aromatic heterocycles. The lowest BCUT2D eigenvalue weighted by molar-refractivity contribution is 0.132. The predicted octanol–water partition coefficient (Wildman–Crippen LogP) is 1.12. The SMILES string of the molecule is CCC(CO)(CO)Nc1cccc(N)c1C. The van der Waals surface area contributed by atoms with Gasteiger partial charge in [-0.2, -0.15) is 0 Å². The number of rotatable bonds is 5. The first-order chi connectivity index (χ1) is 7.58. The summed E-state index contributed by atoms with van der Waals surface area (Å²) in [4.78, 5) is 0. The number of nitrogen functional groups attached to an aromatic ring is 1. The summed E-state index contributed by atoms with van der Waals surface area (Å²) in [7, 11) is 0. The van der Waals surface area contributed by atoms with E-state index in [-0.39, 0.29) is 13.2 Å². The number of aliphatic hydroxyl groups excluding tert-OH is 2. The van der Waals surface area contributed by atoms with Crippen molar-refractivity contribution in [3.05, 3.63) is 23.8 Å². The van der Waals surface area contributed by atoms with Crippen molar-refractivity contribution in [2.75, 3.05) is 24.3 Å². The van der Waals surface area contributed by atoms with Gasteiger partial charge in [0.1, 0.15) is 0 Å². The van der Waals surface area contributed by atoms with Gasteiger partial charge in [-0.15, -0.1) is 0 Å². The average molecular weight is 224 g/mol. The predicted molar refractivity (Wildman–Crippen MR) is 66.4 cm³/mol. The Morgan fingerprint density at radius 1 is 1.31 bits per heavy atom. The third kappa shape index (κ3) is 2.46. The van der Waals surface area contributed by atoms with Crippen LogP contribution in [0, 0.1) is 6.92 Å². The summed E-state index contributed by atoms with van der Waals surface area (Å²) >= 11 is 0. The van der Waals surface area contributed by atoms with Crippen molar-refractivity contribution in [2.45, 2.75) is 25.8 Å². The number of anilines is 2. The van der Waals surface area contributed by atoms with E-state index >= 15 is 0 Å². The minimum atomic E-state index is -0.682. The van der Waals surface area contributed by atoms with Gasteiger partial charge in [0, 0.05) is 11.4 Å². The average Bonchev–Trinajstić information content (AvgIpc) is 2.32. The molecule has 0 aliphatic heterocycles. The zero-order valence-corrected chi connectivity index (χ0v) is 9.83. The lowest BCUT2D eigenvalue weighted by Gasteiger charge is -2.31. The van der Waals surface area contributed by atoms with Gasteiger partial charge >= 0.3 is 0 Å². The number of hydrogen-bond donors (Lipinski definition) is 4.